The summed E-state index contributed by atoms with van der Waals surface area (Å²) in [6, 6.07) is 0. The average Bonchev–Trinajstić information content (AvgIpc) is 3.27. The van der Waals surface area contributed by atoms with E-state index in [1.54, 1.807) is 0 Å². The van der Waals surface area contributed by atoms with Crippen LogP contribution >= 0.6 is 0 Å². The number of hydrogen-bond acceptors (Lipinski definition) is 14. The van der Waals surface area contributed by atoms with Crippen LogP contribution in [0.15, 0.2) is 0 Å². The fraction of sp³-hybridized carbons (Fsp3) is 0.958. The molecule has 0 amide bonds. The first-order valence-corrected chi connectivity index (χ1v) is 24.8. The molecule has 0 aliphatic heterocycles. The molecule has 0 aromatic heterocycles. The number of rotatable bonds is 55. The van der Waals surface area contributed by atoms with Gasteiger partial charge >= 0.3 is 11.9 Å². The van der Waals surface area contributed by atoms with Crippen molar-refractivity contribution >= 4 is 11.9 Å². The van der Waals surface area contributed by atoms with Crippen LogP contribution in [0.3, 0.4) is 0 Å². The maximum Gasteiger partial charge on any atom is 0.305 e. The van der Waals surface area contributed by atoms with E-state index in [0.717, 1.165) is 25.7 Å². The van der Waals surface area contributed by atoms with Crippen LogP contribution in [0.4, 0.5) is 0 Å². The molecule has 0 aliphatic carbocycles. The van der Waals surface area contributed by atoms with Gasteiger partial charge in [0.05, 0.1) is 132 Å². The van der Waals surface area contributed by atoms with Crippen molar-refractivity contribution in [3.05, 3.63) is 0 Å². The summed E-state index contributed by atoms with van der Waals surface area (Å²) < 4.78 is 65.4. The van der Waals surface area contributed by atoms with Gasteiger partial charge in [0.2, 0.25) is 0 Å². The van der Waals surface area contributed by atoms with Crippen molar-refractivity contribution in [3.63, 3.8) is 0 Å². The van der Waals surface area contributed by atoms with E-state index in [0.29, 0.717) is 145 Å². The Kier molecular flexibility index (Phi) is 54.4. The fourth-order valence-electron chi connectivity index (χ4n) is 6.17. The van der Waals surface area contributed by atoms with Crippen LogP contribution in [0.1, 0.15) is 155 Å². The fourth-order valence-corrected chi connectivity index (χ4v) is 6.17. The maximum absolute atomic E-state index is 11.9. The van der Waals surface area contributed by atoms with E-state index in [1.165, 1.54) is 103 Å². The summed E-state index contributed by atoms with van der Waals surface area (Å²) in [6.45, 7) is 14.5. The van der Waals surface area contributed by atoms with Gasteiger partial charge in [-0.2, -0.15) is 0 Å². The first-order valence-electron chi connectivity index (χ1n) is 24.8. The Labute approximate surface area is 378 Å². The zero-order chi connectivity index (χ0) is 44.8. The highest BCUT2D eigenvalue weighted by Gasteiger charge is 2.04. The molecular weight excluding hydrogens is 801 g/mol. The van der Waals surface area contributed by atoms with E-state index >= 15 is 0 Å². The highest BCUT2D eigenvalue weighted by Crippen LogP contribution is 2.13. The van der Waals surface area contributed by atoms with Gasteiger partial charge in [-0.1, -0.05) is 129 Å². The average molecular weight is 895 g/mol. The molecular formula is C48H94O14. The van der Waals surface area contributed by atoms with E-state index < -0.39 is 0 Å². The smallest absolute Gasteiger partial charge is 0.305 e. The quantitative estimate of drug-likeness (QED) is 0.0423. The van der Waals surface area contributed by atoms with Crippen LogP contribution in [0, 0.1) is 0 Å². The topological polar surface area (TPSA) is 145 Å². The summed E-state index contributed by atoms with van der Waals surface area (Å²) in [7, 11) is 0. The van der Waals surface area contributed by atoms with E-state index in [9.17, 15) is 9.59 Å². The Morgan fingerprint density at radius 2 is 0.387 bits per heavy atom. The van der Waals surface area contributed by atoms with E-state index in [-0.39, 0.29) is 25.2 Å². The highest BCUT2D eigenvalue weighted by molar-refractivity contribution is 5.69. The molecule has 0 aliphatic rings. The molecule has 0 unspecified atom stereocenters. The van der Waals surface area contributed by atoms with Gasteiger partial charge in [-0.15, -0.1) is 0 Å². The highest BCUT2D eigenvalue weighted by atomic mass is 16.6. The van der Waals surface area contributed by atoms with Crippen molar-refractivity contribution in [1.29, 1.82) is 0 Å². The third-order valence-electron chi connectivity index (χ3n) is 9.80. The first-order chi connectivity index (χ1) is 30.7. The molecule has 0 rings (SSSR count). The Bertz CT molecular complexity index is 868. The van der Waals surface area contributed by atoms with Gasteiger partial charge < -0.3 is 56.8 Å². The van der Waals surface area contributed by atoms with Gasteiger partial charge in [-0.05, 0) is 12.8 Å². The minimum atomic E-state index is -0.143. The van der Waals surface area contributed by atoms with Crippen molar-refractivity contribution in [2.75, 3.05) is 145 Å². The zero-order valence-corrected chi connectivity index (χ0v) is 39.8. The van der Waals surface area contributed by atoms with Crippen molar-refractivity contribution in [2.24, 2.45) is 0 Å². The second-order valence-corrected chi connectivity index (χ2v) is 15.4. The molecule has 0 bridgehead atoms. The Hall–Kier alpha value is -1.46. The van der Waals surface area contributed by atoms with E-state index in [2.05, 4.69) is 13.8 Å². The number of unbranched alkanes of at least 4 members (excludes halogenated alkanes) is 18. The molecule has 0 aromatic carbocycles. The Morgan fingerprint density at radius 3 is 0.581 bits per heavy atom. The minimum absolute atomic E-state index is 0.134. The van der Waals surface area contributed by atoms with Crippen LogP contribution in [0.25, 0.3) is 0 Å². The minimum Gasteiger partial charge on any atom is -0.463 e. The van der Waals surface area contributed by atoms with Crippen LogP contribution < -0.4 is 0 Å². The number of esters is 2. The molecule has 0 saturated heterocycles. The number of hydrogen-bond donors (Lipinski definition) is 0. The second-order valence-electron chi connectivity index (χ2n) is 15.4. The lowest BCUT2D eigenvalue weighted by molar-refractivity contribution is -0.146. The molecule has 14 heteroatoms. The van der Waals surface area contributed by atoms with Crippen LogP contribution in [-0.2, 0) is 66.4 Å². The van der Waals surface area contributed by atoms with Crippen LogP contribution in [0.5, 0.6) is 0 Å². The molecule has 0 radical (unpaired) electrons. The number of ether oxygens (including phenoxy) is 12. The molecule has 0 aromatic rings. The standard InChI is InChI=1S/C48H94O14/c1-3-5-7-9-11-12-13-14-15-16-18-20-22-24-48(50)62-46-44-60-42-40-58-38-36-56-34-32-54-30-28-52-26-25-51-27-29-53-31-33-55-35-37-57-39-41-59-43-45-61-47(49)23-21-19-17-10-8-6-4-2/h3-46H2,1-2H3. The molecule has 14 nitrogen and oxygen atoms in total. The molecule has 0 saturated carbocycles. The van der Waals surface area contributed by atoms with Gasteiger partial charge in [0, 0.05) is 12.8 Å². The zero-order valence-electron chi connectivity index (χ0n) is 39.8. The summed E-state index contributed by atoms with van der Waals surface area (Å²) >= 11 is 0. The summed E-state index contributed by atoms with van der Waals surface area (Å²) in [5.41, 5.74) is 0. The third kappa shape index (κ3) is 54.7. The largest absolute Gasteiger partial charge is 0.463 e. The number of carbonyl (C=O) groups excluding carboxylic acids is 2. The van der Waals surface area contributed by atoms with Crippen molar-refractivity contribution in [2.45, 2.75) is 155 Å². The predicted octanol–water partition coefficient (Wildman–Crippen LogP) is 8.86. The van der Waals surface area contributed by atoms with E-state index in [4.69, 9.17) is 56.8 Å². The number of carbonyl (C=O) groups is 2. The van der Waals surface area contributed by atoms with Crippen molar-refractivity contribution in [3.8, 4) is 0 Å². The molecule has 0 fully saturated rings. The van der Waals surface area contributed by atoms with Gasteiger partial charge in [0.15, 0.2) is 0 Å². The summed E-state index contributed by atoms with van der Waals surface area (Å²) in [6.07, 6.45) is 26.1. The van der Waals surface area contributed by atoms with Gasteiger partial charge in [0.1, 0.15) is 13.2 Å². The lowest BCUT2D eigenvalue weighted by Crippen LogP contribution is -2.16. The normalized spacial score (nSPS) is 11.5. The molecule has 0 spiro atoms. The van der Waals surface area contributed by atoms with E-state index in [1.807, 2.05) is 0 Å². The van der Waals surface area contributed by atoms with Crippen molar-refractivity contribution < 1.29 is 66.4 Å². The Morgan fingerprint density at radius 1 is 0.226 bits per heavy atom. The third-order valence-corrected chi connectivity index (χ3v) is 9.80. The lowest BCUT2D eigenvalue weighted by Gasteiger charge is -2.09. The summed E-state index contributed by atoms with van der Waals surface area (Å²) in [4.78, 5) is 23.6. The molecule has 370 valence electrons. The predicted molar refractivity (Wildman–Crippen MR) is 243 cm³/mol. The Balaban J connectivity index is 3.15. The van der Waals surface area contributed by atoms with Crippen LogP contribution in [-0.4, -0.2) is 157 Å². The van der Waals surface area contributed by atoms with Crippen molar-refractivity contribution in [1.82, 2.24) is 0 Å². The molecule has 0 atom stereocenters. The molecule has 0 heterocycles. The monoisotopic (exact) mass is 895 g/mol. The molecule has 0 N–H and O–H groups in total. The lowest BCUT2D eigenvalue weighted by atomic mass is 10.0. The van der Waals surface area contributed by atoms with Crippen LogP contribution in [0.2, 0.25) is 0 Å². The SMILES string of the molecule is CCCCCCCCCCCCCCCC(=O)OCCOCCOCCOCCOCCOCCOCCOCCOCCOCCOCCOC(=O)CCCCCCCCC. The summed E-state index contributed by atoms with van der Waals surface area (Å²) in [5, 5.41) is 0. The maximum atomic E-state index is 11.9. The van der Waals surface area contributed by atoms with Gasteiger partial charge in [0.25, 0.3) is 0 Å². The first kappa shape index (κ1) is 60.5. The summed E-state index contributed by atoms with van der Waals surface area (Å²) in [5.74, 6) is -0.277. The molecule has 62 heavy (non-hydrogen) atoms. The second kappa shape index (κ2) is 55.7. The van der Waals surface area contributed by atoms with Gasteiger partial charge in [-0.25, -0.2) is 0 Å². The van der Waals surface area contributed by atoms with Gasteiger partial charge in [-0.3, -0.25) is 9.59 Å².